The molecule has 0 aliphatic heterocycles. The first-order valence-corrected chi connectivity index (χ1v) is 15.3. The van der Waals surface area contributed by atoms with Crippen LogP contribution in [0.4, 0.5) is 11.4 Å². The van der Waals surface area contributed by atoms with Crippen LogP contribution in [0.15, 0.2) is 132 Å². The minimum atomic E-state index is -0.464. The number of anilines is 2. The van der Waals surface area contributed by atoms with Crippen LogP contribution in [0.1, 0.15) is 34.8 Å². The molecule has 5 aromatic rings. The summed E-state index contributed by atoms with van der Waals surface area (Å²) in [6.45, 7) is 3.97. The molecule has 5 rings (SSSR count). The predicted octanol–water partition coefficient (Wildman–Crippen LogP) is 8.07. The Morgan fingerprint density at radius 3 is 2.23 bits per heavy atom. The Morgan fingerprint density at radius 1 is 0.750 bits per heavy atom. The Labute approximate surface area is 261 Å². The van der Waals surface area contributed by atoms with Crippen LogP contribution in [-0.2, 0) is 9.59 Å². The summed E-state index contributed by atoms with van der Waals surface area (Å²) in [5.74, 6) is -0.935. The average molecular weight is 600 g/mol. The van der Waals surface area contributed by atoms with E-state index in [2.05, 4.69) is 16.0 Å². The number of hydrogen-bond acceptors (Lipinski definition) is 4. The summed E-state index contributed by atoms with van der Waals surface area (Å²) in [7, 11) is 0. The van der Waals surface area contributed by atoms with Gasteiger partial charge in [0.2, 0.25) is 5.91 Å². The molecule has 0 saturated carbocycles. The lowest BCUT2D eigenvalue weighted by Gasteiger charge is -2.16. The highest BCUT2D eigenvalue weighted by Gasteiger charge is 2.19. The number of benzene rings is 5. The second-order valence-corrected chi connectivity index (χ2v) is 11.6. The number of amides is 3. The number of carbonyl (C=O) groups excluding carboxylic acids is 3. The summed E-state index contributed by atoms with van der Waals surface area (Å²) < 4.78 is 0. The molecule has 0 radical (unpaired) electrons. The van der Waals surface area contributed by atoms with Crippen molar-refractivity contribution in [1.82, 2.24) is 5.32 Å². The van der Waals surface area contributed by atoms with Gasteiger partial charge >= 0.3 is 0 Å². The minimum Gasteiger partial charge on any atom is -0.325 e. The van der Waals surface area contributed by atoms with E-state index in [0.29, 0.717) is 17.7 Å². The molecule has 1 atom stereocenters. The van der Waals surface area contributed by atoms with Gasteiger partial charge in [-0.1, -0.05) is 91.3 Å². The van der Waals surface area contributed by atoms with Gasteiger partial charge in [-0.15, -0.1) is 11.8 Å². The zero-order valence-electron chi connectivity index (χ0n) is 24.5. The summed E-state index contributed by atoms with van der Waals surface area (Å²) in [6, 6.07) is 37.5. The maximum atomic E-state index is 13.7. The Balaban J connectivity index is 1.36. The number of hydrogen-bond donors (Lipinski definition) is 3. The van der Waals surface area contributed by atoms with Crippen molar-refractivity contribution >= 4 is 57.7 Å². The lowest BCUT2D eigenvalue weighted by atomic mass is 10.0. The van der Waals surface area contributed by atoms with Crippen molar-refractivity contribution in [1.29, 1.82) is 0 Å². The van der Waals surface area contributed by atoms with Crippen molar-refractivity contribution < 1.29 is 14.4 Å². The number of carbonyl (C=O) groups is 3. The number of thioether (sulfide) groups is 1. The highest BCUT2D eigenvalue weighted by molar-refractivity contribution is 8.00. The zero-order valence-corrected chi connectivity index (χ0v) is 25.4. The third-order valence-electron chi connectivity index (χ3n) is 7.00. The molecule has 220 valence electrons. The highest BCUT2D eigenvalue weighted by atomic mass is 32.2. The van der Waals surface area contributed by atoms with E-state index in [1.807, 2.05) is 105 Å². The van der Waals surface area contributed by atoms with Crippen LogP contribution in [0.2, 0.25) is 0 Å². The van der Waals surface area contributed by atoms with Crippen molar-refractivity contribution in [2.24, 2.45) is 0 Å². The molecule has 0 aliphatic carbocycles. The number of fused-ring (bicyclic) bond motifs is 1. The van der Waals surface area contributed by atoms with E-state index < -0.39 is 5.91 Å². The molecular formula is C37H33N3O3S. The smallest absolute Gasteiger partial charge is 0.272 e. The van der Waals surface area contributed by atoms with Gasteiger partial charge in [0, 0.05) is 21.8 Å². The summed E-state index contributed by atoms with van der Waals surface area (Å²) in [6.07, 6.45) is 2.32. The Hall–Kier alpha value is -5.14. The molecule has 0 aromatic heterocycles. The van der Waals surface area contributed by atoms with Gasteiger partial charge in [0.25, 0.3) is 11.8 Å². The van der Waals surface area contributed by atoms with Crippen molar-refractivity contribution in [2.75, 3.05) is 10.6 Å². The third kappa shape index (κ3) is 7.82. The fourth-order valence-electron chi connectivity index (χ4n) is 4.67. The van der Waals surface area contributed by atoms with Gasteiger partial charge in [0.05, 0.1) is 5.25 Å². The number of rotatable bonds is 10. The molecular weight excluding hydrogens is 566 g/mol. The van der Waals surface area contributed by atoms with Crippen LogP contribution < -0.4 is 16.0 Å². The summed E-state index contributed by atoms with van der Waals surface area (Å²) in [5.41, 5.74) is 3.78. The third-order valence-corrected chi connectivity index (χ3v) is 8.36. The van der Waals surface area contributed by atoms with Gasteiger partial charge in [-0.2, -0.15) is 0 Å². The molecule has 7 heteroatoms. The topological polar surface area (TPSA) is 87.3 Å². The molecule has 0 spiro atoms. The first-order chi connectivity index (χ1) is 21.4. The molecule has 44 heavy (non-hydrogen) atoms. The largest absolute Gasteiger partial charge is 0.325 e. The summed E-state index contributed by atoms with van der Waals surface area (Å²) in [5, 5.41) is 10.4. The van der Waals surface area contributed by atoms with E-state index >= 15 is 0 Å². The highest BCUT2D eigenvalue weighted by Crippen LogP contribution is 2.29. The summed E-state index contributed by atoms with van der Waals surface area (Å²) >= 11 is 1.43. The van der Waals surface area contributed by atoms with Crippen LogP contribution in [-0.4, -0.2) is 23.0 Å². The van der Waals surface area contributed by atoms with Crippen molar-refractivity contribution in [3.8, 4) is 0 Å². The molecule has 0 bridgehead atoms. The minimum absolute atomic E-state index is 0.0836. The SMILES string of the molecule is CCC(Sc1cccc(NC(=O)/C(=C\c2cccc3ccccc23)NC(=O)c2ccccc2)c1)C(=O)Nc1ccc(C)cc1. The standard InChI is InChI=1S/C37H33N3O3S/c1-3-34(37(43)38-29-21-19-25(2)20-22-29)44-31-17-10-16-30(24-31)39-36(42)33(40-35(41)27-12-5-4-6-13-27)23-28-15-9-14-26-11-7-8-18-32(26)28/h4-24,34H,3H2,1-2H3,(H,38,43)(H,39,42)(H,40,41)/b33-23+. The van der Waals surface area contributed by atoms with Crippen LogP contribution in [0.3, 0.4) is 0 Å². The Kier molecular flexibility index (Phi) is 9.89. The van der Waals surface area contributed by atoms with Crippen LogP contribution in [0.25, 0.3) is 16.8 Å². The monoisotopic (exact) mass is 599 g/mol. The zero-order chi connectivity index (χ0) is 30.9. The molecule has 0 aliphatic rings. The molecule has 3 N–H and O–H groups in total. The maximum absolute atomic E-state index is 13.7. The fourth-order valence-corrected chi connectivity index (χ4v) is 5.68. The van der Waals surface area contributed by atoms with E-state index in [1.54, 1.807) is 36.4 Å². The van der Waals surface area contributed by atoms with E-state index in [-0.39, 0.29) is 22.8 Å². The molecule has 1 unspecified atom stereocenters. The Bertz CT molecular complexity index is 1810. The van der Waals surface area contributed by atoms with Crippen LogP contribution in [0.5, 0.6) is 0 Å². The van der Waals surface area contributed by atoms with Crippen molar-refractivity contribution in [3.05, 3.63) is 144 Å². The lowest BCUT2D eigenvalue weighted by Crippen LogP contribution is -2.30. The second-order valence-electron chi connectivity index (χ2n) is 10.3. The van der Waals surface area contributed by atoms with Gasteiger partial charge in [-0.3, -0.25) is 14.4 Å². The first kappa shape index (κ1) is 30.3. The molecule has 0 heterocycles. The van der Waals surface area contributed by atoms with Crippen LogP contribution >= 0.6 is 11.8 Å². The van der Waals surface area contributed by atoms with Gasteiger partial charge < -0.3 is 16.0 Å². The predicted molar refractivity (Wildman–Crippen MR) is 181 cm³/mol. The quantitative estimate of drug-likeness (QED) is 0.112. The van der Waals surface area contributed by atoms with Gasteiger partial charge in [0.15, 0.2) is 0 Å². The van der Waals surface area contributed by atoms with Crippen molar-refractivity contribution in [3.63, 3.8) is 0 Å². The van der Waals surface area contributed by atoms with E-state index in [1.165, 1.54) is 11.8 Å². The van der Waals surface area contributed by atoms with E-state index in [4.69, 9.17) is 0 Å². The Morgan fingerprint density at radius 2 is 1.45 bits per heavy atom. The van der Waals surface area contributed by atoms with Crippen LogP contribution in [0, 0.1) is 6.92 Å². The number of aryl methyl sites for hydroxylation is 1. The molecule has 0 fully saturated rings. The van der Waals surface area contributed by atoms with Gasteiger partial charge in [-0.25, -0.2) is 0 Å². The molecule has 6 nitrogen and oxygen atoms in total. The van der Waals surface area contributed by atoms with Crippen molar-refractivity contribution in [2.45, 2.75) is 30.4 Å². The first-order valence-electron chi connectivity index (χ1n) is 14.4. The van der Waals surface area contributed by atoms with Gasteiger partial charge in [-0.05, 0) is 78.2 Å². The maximum Gasteiger partial charge on any atom is 0.272 e. The fraction of sp³-hybridized carbons (Fsp3) is 0.108. The van der Waals surface area contributed by atoms with E-state index in [9.17, 15) is 14.4 Å². The number of nitrogens with one attached hydrogen (secondary N) is 3. The average Bonchev–Trinajstić information content (AvgIpc) is 3.05. The molecule has 0 saturated heterocycles. The summed E-state index contributed by atoms with van der Waals surface area (Å²) in [4.78, 5) is 40.6. The molecule has 3 amide bonds. The van der Waals surface area contributed by atoms with Gasteiger partial charge in [0.1, 0.15) is 5.70 Å². The normalized spacial score (nSPS) is 11.9. The lowest BCUT2D eigenvalue weighted by molar-refractivity contribution is -0.116. The molecule has 5 aromatic carbocycles. The second kappa shape index (κ2) is 14.4. The van der Waals surface area contributed by atoms with E-state index in [0.717, 1.165) is 32.5 Å².